The van der Waals surface area contributed by atoms with Crippen LogP contribution in [-0.2, 0) is 4.79 Å². The lowest BCUT2D eigenvalue weighted by Gasteiger charge is -2.09. The number of amides is 3. The minimum absolute atomic E-state index is 0.121. The van der Waals surface area contributed by atoms with Crippen molar-refractivity contribution in [2.45, 2.75) is 13.3 Å². The lowest BCUT2D eigenvalue weighted by atomic mass is 10.2. The van der Waals surface area contributed by atoms with E-state index in [4.69, 9.17) is 23.2 Å². The first-order valence-corrected chi connectivity index (χ1v) is 8.12. The maximum Gasteiger partial charge on any atom is 0.271 e. The summed E-state index contributed by atoms with van der Waals surface area (Å²) in [6.45, 7) is 1.74. The molecule has 0 fully saturated rings. The fraction of sp³-hybridized carbons (Fsp3) is 0.118. The Morgan fingerprint density at radius 2 is 1.56 bits per heavy atom. The largest absolute Gasteiger partial charge is 0.326 e. The molecule has 3 N–H and O–H groups in total. The molecule has 0 saturated heterocycles. The highest BCUT2D eigenvalue weighted by Gasteiger charge is 2.12. The first kappa shape index (κ1) is 18.8. The molecular weight excluding hydrogens is 365 g/mol. The number of hydrazine groups is 1. The average Bonchev–Trinajstić information content (AvgIpc) is 2.60. The molecule has 3 amide bonds. The summed E-state index contributed by atoms with van der Waals surface area (Å²) in [5, 5.41) is 3.25. The quantitative estimate of drug-likeness (QED) is 0.711. The van der Waals surface area contributed by atoms with E-state index in [0.29, 0.717) is 22.7 Å². The zero-order valence-corrected chi connectivity index (χ0v) is 14.7. The van der Waals surface area contributed by atoms with E-state index in [2.05, 4.69) is 16.2 Å². The number of hydrogen-bond acceptors (Lipinski definition) is 3. The van der Waals surface area contributed by atoms with Gasteiger partial charge in [0.05, 0.1) is 10.6 Å². The topological polar surface area (TPSA) is 87.3 Å². The fourth-order valence-electron chi connectivity index (χ4n) is 1.88. The summed E-state index contributed by atoms with van der Waals surface area (Å²) in [7, 11) is 0. The van der Waals surface area contributed by atoms with Gasteiger partial charge in [-0.15, -0.1) is 0 Å². The van der Waals surface area contributed by atoms with E-state index in [9.17, 15) is 14.4 Å². The summed E-state index contributed by atoms with van der Waals surface area (Å²) in [6.07, 6.45) is 0.363. The number of carbonyl (C=O) groups is 3. The molecule has 2 aromatic carbocycles. The molecule has 0 saturated carbocycles. The Balaban J connectivity index is 1.95. The van der Waals surface area contributed by atoms with Gasteiger partial charge in [-0.1, -0.05) is 30.1 Å². The predicted octanol–water partition coefficient (Wildman–Crippen LogP) is 3.42. The molecule has 2 rings (SSSR count). The van der Waals surface area contributed by atoms with Gasteiger partial charge in [0.1, 0.15) is 0 Å². The van der Waals surface area contributed by atoms with Gasteiger partial charge in [-0.2, -0.15) is 0 Å². The van der Waals surface area contributed by atoms with Gasteiger partial charge in [0, 0.05) is 22.7 Å². The van der Waals surface area contributed by atoms with Gasteiger partial charge in [0.25, 0.3) is 11.8 Å². The third-order valence-corrected chi connectivity index (χ3v) is 3.77. The minimum Gasteiger partial charge on any atom is -0.326 e. The van der Waals surface area contributed by atoms with Crippen LogP contribution >= 0.6 is 23.2 Å². The van der Waals surface area contributed by atoms with E-state index < -0.39 is 11.8 Å². The van der Waals surface area contributed by atoms with E-state index in [-0.39, 0.29) is 16.5 Å². The van der Waals surface area contributed by atoms with Gasteiger partial charge < -0.3 is 5.32 Å². The van der Waals surface area contributed by atoms with E-state index in [1.165, 1.54) is 30.3 Å². The van der Waals surface area contributed by atoms with Crippen LogP contribution in [0, 0.1) is 0 Å². The lowest BCUT2D eigenvalue weighted by Crippen LogP contribution is -2.41. The van der Waals surface area contributed by atoms with Crippen LogP contribution in [0.3, 0.4) is 0 Å². The number of rotatable bonds is 4. The van der Waals surface area contributed by atoms with Crippen LogP contribution < -0.4 is 16.2 Å². The predicted molar refractivity (Wildman–Crippen MR) is 96.8 cm³/mol. The van der Waals surface area contributed by atoms with Crippen molar-refractivity contribution < 1.29 is 14.4 Å². The Kier molecular flexibility index (Phi) is 6.38. The van der Waals surface area contributed by atoms with Crippen molar-refractivity contribution in [3.63, 3.8) is 0 Å². The van der Waals surface area contributed by atoms with Gasteiger partial charge in [-0.3, -0.25) is 25.2 Å². The van der Waals surface area contributed by atoms with Crippen molar-refractivity contribution in [2.24, 2.45) is 0 Å². The standard InChI is InChI=1S/C17H15Cl2N3O3/c1-2-15(23)20-12-6-3-10(4-7-12)16(24)21-22-17(25)13-8-5-11(18)9-14(13)19/h3-9H,2H2,1H3,(H,20,23)(H,21,24)(H,22,25). The van der Waals surface area contributed by atoms with Crippen LogP contribution in [0.2, 0.25) is 10.0 Å². The minimum atomic E-state index is -0.568. The van der Waals surface area contributed by atoms with Crippen molar-refractivity contribution in [1.82, 2.24) is 10.9 Å². The Morgan fingerprint density at radius 3 is 2.16 bits per heavy atom. The first-order valence-electron chi connectivity index (χ1n) is 7.36. The number of benzene rings is 2. The summed E-state index contributed by atoms with van der Waals surface area (Å²) in [5.74, 6) is -1.20. The van der Waals surface area contributed by atoms with Crippen LogP contribution in [0.25, 0.3) is 0 Å². The summed E-state index contributed by atoms with van der Waals surface area (Å²) >= 11 is 11.7. The number of halogens is 2. The highest BCUT2D eigenvalue weighted by atomic mass is 35.5. The molecule has 6 nitrogen and oxygen atoms in total. The first-order chi connectivity index (χ1) is 11.9. The van der Waals surface area contributed by atoms with E-state index in [1.807, 2.05) is 0 Å². The summed E-state index contributed by atoms with van der Waals surface area (Å²) in [6, 6.07) is 10.7. The number of anilines is 1. The molecule has 0 aliphatic rings. The van der Waals surface area contributed by atoms with Crippen LogP contribution in [-0.4, -0.2) is 17.7 Å². The number of nitrogens with one attached hydrogen (secondary N) is 3. The van der Waals surface area contributed by atoms with Crippen LogP contribution in [0.5, 0.6) is 0 Å². The molecule has 0 aliphatic carbocycles. The second-order valence-corrected chi connectivity index (χ2v) is 5.86. The van der Waals surface area contributed by atoms with Crippen molar-refractivity contribution >= 4 is 46.6 Å². The second-order valence-electron chi connectivity index (χ2n) is 5.01. The van der Waals surface area contributed by atoms with Crippen molar-refractivity contribution in [3.05, 3.63) is 63.6 Å². The number of carbonyl (C=O) groups excluding carboxylic acids is 3. The molecule has 2 aromatic rings. The van der Waals surface area contributed by atoms with E-state index in [1.54, 1.807) is 19.1 Å². The Labute approximate surface area is 154 Å². The third-order valence-electron chi connectivity index (χ3n) is 3.22. The Hall–Kier alpha value is -2.57. The molecule has 25 heavy (non-hydrogen) atoms. The maximum atomic E-state index is 12.0. The summed E-state index contributed by atoms with van der Waals surface area (Å²) in [5.41, 5.74) is 5.66. The Bertz CT molecular complexity index is 807. The summed E-state index contributed by atoms with van der Waals surface area (Å²) in [4.78, 5) is 35.4. The maximum absolute atomic E-state index is 12.0. The van der Waals surface area contributed by atoms with E-state index >= 15 is 0 Å². The summed E-state index contributed by atoms with van der Waals surface area (Å²) < 4.78 is 0. The zero-order valence-electron chi connectivity index (χ0n) is 13.2. The Morgan fingerprint density at radius 1 is 0.920 bits per heavy atom. The third kappa shape index (κ3) is 5.20. The van der Waals surface area contributed by atoms with Crippen molar-refractivity contribution in [1.29, 1.82) is 0 Å². The highest BCUT2D eigenvalue weighted by Crippen LogP contribution is 2.20. The molecule has 0 aromatic heterocycles. The van der Waals surface area contributed by atoms with Crippen LogP contribution in [0.4, 0.5) is 5.69 Å². The van der Waals surface area contributed by atoms with Crippen molar-refractivity contribution in [3.8, 4) is 0 Å². The average molecular weight is 380 g/mol. The molecule has 0 heterocycles. The van der Waals surface area contributed by atoms with Crippen LogP contribution in [0.15, 0.2) is 42.5 Å². The second kappa shape index (κ2) is 8.50. The monoisotopic (exact) mass is 379 g/mol. The molecule has 0 bridgehead atoms. The van der Waals surface area contributed by atoms with Crippen molar-refractivity contribution in [2.75, 3.05) is 5.32 Å². The van der Waals surface area contributed by atoms with Crippen LogP contribution in [0.1, 0.15) is 34.1 Å². The molecular formula is C17H15Cl2N3O3. The fourth-order valence-corrected chi connectivity index (χ4v) is 2.38. The molecule has 0 unspecified atom stereocenters. The molecule has 0 radical (unpaired) electrons. The van der Waals surface area contributed by atoms with Gasteiger partial charge in [0.2, 0.25) is 5.91 Å². The van der Waals surface area contributed by atoms with Gasteiger partial charge in [-0.05, 0) is 42.5 Å². The lowest BCUT2D eigenvalue weighted by molar-refractivity contribution is -0.115. The SMILES string of the molecule is CCC(=O)Nc1ccc(C(=O)NNC(=O)c2ccc(Cl)cc2Cl)cc1. The zero-order chi connectivity index (χ0) is 18.4. The molecule has 0 atom stereocenters. The van der Waals surface area contributed by atoms with Gasteiger partial charge in [0.15, 0.2) is 0 Å². The molecule has 0 aliphatic heterocycles. The normalized spacial score (nSPS) is 10.0. The number of hydrogen-bond donors (Lipinski definition) is 3. The highest BCUT2D eigenvalue weighted by molar-refractivity contribution is 6.36. The van der Waals surface area contributed by atoms with E-state index in [0.717, 1.165) is 0 Å². The molecule has 0 spiro atoms. The molecule has 8 heteroatoms. The smallest absolute Gasteiger partial charge is 0.271 e. The van der Waals surface area contributed by atoms with Gasteiger partial charge >= 0.3 is 0 Å². The van der Waals surface area contributed by atoms with Gasteiger partial charge in [-0.25, -0.2) is 0 Å². The molecule has 130 valence electrons.